The number of carbonyl (C=O) groups excluding carboxylic acids is 3. The molecule has 2 aliphatic rings. The van der Waals surface area contributed by atoms with Crippen LogP contribution >= 0.6 is 0 Å². The zero-order valence-electron chi connectivity index (χ0n) is 17.8. The number of fused-ring (bicyclic) bond motifs is 1. The van der Waals surface area contributed by atoms with Gasteiger partial charge < -0.3 is 19.7 Å². The van der Waals surface area contributed by atoms with E-state index in [2.05, 4.69) is 5.32 Å². The number of amides is 3. The second kappa shape index (κ2) is 8.37. The lowest BCUT2D eigenvalue weighted by Crippen LogP contribution is -2.43. The van der Waals surface area contributed by atoms with Crippen LogP contribution in [0.15, 0.2) is 41.3 Å². The number of nitrogens with zero attached hydrogens (tertiary/aromatic N) is 3. The molecule has 0 aliphatic carbocycles. The van der Waals surface area contributed by atoms with Gasteiger partial charge in [0.25, 0.3) is 11.5 Å². The Morgan fingerprint density at radius 1 is 1.16 bits per heavy atom. The van der Waals surface area contributed by atoms with E-state index in [9.17, 15) is 19.2 Å². The third-order valence-electron chi connectivity index (χ3n) is 5.92. The van der Waals surface area contributed by atoms with Crippen molar-refractivity contribution in [3.05, 3.63) is 69.1 Å². The van der Waals surface area contributed by atoms with Gasteiger partial charge in [0.05, 0.1) is 12.5 Å². The minimum absolute atomic E-state index is 0.0645. The molecule has 1 aromatic heterocycles. The van der Waals surface area contributed by atoms with Crippen LogP contribution in [0.4, 0.5) is 0 Å². The SMILES string of the molecule is CN(C)C(=O)c1c2c(cn(Cc3ccccc3)c1=O)CN(C(=O)C1CNC(=O)C1)CC2. The van der Waals surface area contributed by atoms with Gasteiger partial charge in [-0.2, -0.15) is 0 Å². The van der Waals surface area contributed by atoms with Crippen molar-refractivity contribution in [2.24, 2.45) is 5.92 Å². The van der Waals surface area contributed by atoms with Gasteiger partial charge in [0.2, 0.25) is 11.8 Å². The molecule has 3 amide bonds. The van der Waals surface area contributed by atoms with E-state index >= 15 is 0 Å². The van der Waals surface area contributed by atoms with Gasteiger partial charge in [-0.05, 0) is 23.1 Å². The number of hydrogen-bond acceptors (Lipinski definition) is 4. The van der Waals surface area contributed by atoms with Crippen LogP contribution in [0, 0.1) is 5.92 Å². The first-order valence-corrected chi connectivity index (χ1v) is 10.4. The quantitative estimate of drug-likeness (QED) is 0.782. The van der Waals surface area contributed by atoms with Crippen LogP contribution in [0.2, 0.25) is 0 Å². The Bertz CT molecular complexity index is 1090. The first-order chi connectivity index (χ1) is 14.8. The predicted molar refractivity (Wildman–Crippen MR) is 115 cm³/mol. The summed E-state index contributed by atoms with van der Waals surface area (Å²) >= 11 is 0. The van der Waals surface area contributed by atoms with Crippen molar-refractivity contribution >= 4 is 17.7 Å². The molecule has 8 nitrogen and oxygen atoms in total. The van der Waals surface area contributed by atoms with Crippen molar-refractivity contribution in [2.75, 3.05) is 27.2 Å². The van der Waals surface area contributed by atoms with Gasteiger partial charge in [-0.15, -0.1) is 0 Å². The number of pyridine rings is 1. The summed E-state index contributed by atoms with van der Waals surface area (Å²) in [5, 5.41) is 2.71. The molecule has 2 aromatic rings. The van der Waals surface area contributed by atoms with Crippen molar-refractivity contribution in [3.8, 4) is 0 Å². The number of carbonyl (C=O) groups is 3. The van der Waals surface area contributed by atoms with E-state index in [0.717, 1.165) is 16.7 Å². The molecule has 4 rings (SSSR count). The summed E-state index contributed by atoms with van der Waals surface area (Å²) in [6.07, 6.45) is 2.42. The molecule has 1 aromatic carbocycles. The van der Waals surface area contributed by atoms with Crippen LogP contribution in [0.25, 0.3) is 0 Å². The van der Waals surface area contributed by atoms with E-state index in [1.165, 1.54) is 4.90 Å². The third kappa shape index (κ3) is 4.10. The minimum Gasteiger partial charge on any atom is -0.355 e. The molecular formula is C23H26N4O4. The fraction of sp³-hybridized carbons (Fsp3) is 0.391. The van der Waals surface area contributed by atoms with Crippen molar-refractivity contribution in [1.29, 1.82) is 0 Å². The molecule has 8 heteroatoms. The van der Waals surface area contributed by atoms with Gasteiger partial charge in [0.15, 0.2) is 0 Å². The number of rotatable bonds is 4. The van der Waals surface area contributed by atoms with Crippen LogP contribution in [0.1, 0.15) is 33.5 Å². The van der Waals surface area contributed by atoms with Crippen LogP contribution in [0.5, 0.6) is 0 Å². The van der Waals surface area contributed by atoms with Crippen LogP contribution in [0.3, 0.4) is 0 Å². The topological polar surface area (TPSA) is 91.7 Å². The number of hydrogen-bond donors (Lipinski definition) is 1. The summed E-state index contributed by atoms with van der Waals surface area (Å²) in [7, 11) is 3.26. The van der Waals surface area contributed by atoms with Gasteiger partial charge in [0.1, 0.15) is 5.56 Å². The predicted octanol–water partition coefficient (Wildman–Crippen LogP) is 0.619. The molecule has 1 N–H and O–H groups in total. The third-order valence-corrected chi connectivity index (χ3v) is 5.92. The van der Waals surface area contributed by atoms with E-state index in [1.807, 2.05) is 30.3 Å². The lowest BCUT2D eigenvalue weighted by atomic mass is 9.94. The van der Waals surface area contributed by atoms with Crippen molar-refractivity contribution < 1.29 is 14.4 Å². The summed E-state index contributed by atoms with van der Waals surface area (Å²) in [5.74, 6) is -0.849. The zero-order valence-corrected chi connectivity index (χ0v) is 17.8. The highest BCUT2D eigenvalue weighted by Crippen LogP contribution is 2.24. The highest BCUT2D eigenvalue weighted by molar-refractivity contribution is 5.95. The zero-order chi connectivity index (χ0) is 22.1. The highest BCUT2D eigenvalue weighted by Gasteiger charge is 2.34. The van der Waals surface area contributed by atoms with E-state index in [4.69, 9.17) is 0 Å². The van der Waals surface area contributed by atoms with Crippen molar-refractivity contribution in [2.45, 2.75) is 25.9 Å². The Balaban J connectivity index is 1.71. The van der Waals surface area contributed by atoms with E-state index in [0.29, 0.717) is 32.6 Å². The molecule has 1 fully saturated rings. The lowest BCUT2D eigenvalue weighted by molar-refractivity contribution is -0.136. The molecule has 1 saturated heterocycles. The van der Waals surface area contributed by atoms with Crippen LogP contribution in [-0.4, -0.2) is 59.3 Å². The van der Waals surface area contributed by atoms with Crippen LogP contribution in [-0.2, 0) is 29.1 Å². The maximum atomic E-state index is 13.2. The molecular weight excluding hydrogens is 396 g/mol. The van der Waals surface area contributed by atoms with Gasteiger partial charge in [-0.3, -0.25) is 19.2 Å². The Morgan fingerprint density at radius 3 is 2.55 bits per heavy atom. The Labute approximate surface area is 180 Å². The normalized spacial score (nSPS) is 17.8. The van der Waals surface area contributed by atoms with Crippen LogP contribution < -0.4 is 10.9 Å². The summed E-state index contributed by atoms with van der Waals surface area (Å²) in [5.41, 5.74) is 2.34. The van der Waals surface area contributed by atoms with Gasteiger partial charge in [-0.1, -0.05) is 30.3 Å². The molecule has 1 atom stereocenters. The molecule has 0 bridgehead atoms. The van der Waals surface area contributed by atoms with E-state index in [-0.39, 0.29) is 41.2 Å². The van der Waals surface area contributed by atoms with Gasteiger partial charge in [0, 0.05) is 46.3 Å². The molecule has 2 aliphatic heterocycles. The highest BCUT2D eigenvalue weighted by atomic mass is 16.2. The Hall–Kier alpha value is -3.42. The fourth-order valence-corrected chi connectivity index (χ4v) is 4.28. The lowest BCUT2D eigenvalue weighted by Gasteiger charge is -2.32. The van der Waals surface area contributed by atoms with Crippen molar-refractivity contribution in [3.63, 3.8) is 0 Å². The Morgan fingerprint density at radius 2 is 1.90 bits per heavy atom. The molecule has 31 heavy (non-hydrogen) atoms. The minimum atomic E-state index is -0.354. The molecule has 3 heterocycles. The monoisotopic (exact) mass is 422 g/mol. The average molecular weight is 422 g/mol. The maximum Gasteiger partial charge on any atom is 0.264 e. The van der Waals surface area contributed by atoms with Gasteiger partial charge in [-0.25, -0.2) is 0 Å². The maximum absolute atomic E-state index is 13.2. The second-order valence-corrected chi connectivity index (χ2v) is 8.34. The molecule has 0 spiro atoms. The molecule has 0 saturated carbocycles. The molecule has 162 valence electrons. The first kappa shape index (κ1) is 20.8. The molecule has 0 radical (unpaired) electrons. The Kier molecular flexibility index (Phi) is 5.63. The van der Waals surface area contributed by atoms with E-state index < -0.39 is 0 Å². The standard InChI is InChI=1S/C23H26N4O4/c1-25(2)22(30)20-18-8-9-26(21(29)16-10-19(28)24-11-16)13-17(18)14-27(23(20)31)12-15-6-4-3-5-7-15/h3-7,14,16H,8-13H2,1-2H3,(H,24,28). The van der Waals surface area contributed by atoms with Crippen molar-refractivity contribution in [1.82, 2.24) is 19.7 Å². The largest absolute Gasteiger partial charge is 0.355 e. The average Bonchev–Trinajstić information content (AvgIpc) is 3.20. The fourth-order valence-electron chi connectivity index (χ4n) is 4.28. The summed E-state index contributed by atoms with van der Waals surface area (Å²) in [4.78, 5) is 53.7. The molecule has 1 unspecified atom stereocenters. The first-order valence-electron chi connectivity index (χ1n) is 10.4. The van der Waals surface area contributed by atoms with Gasteiger partial charge >= 0.3 is 0 Å². The smallest absolute Gasteiger partial charge is 0.264 e. The summed E-state index contributed by atoms with van der Waals surface area (Å²) in [6, 6.07) is 9.58. The summed E-state index contributed by atoms with van der Waals surface area (Å²) in [6.45, 7) is 1.45. The second-order valence-electron chi connectivity index (χ2n) is 8.34. The number of benzene rings is 1. The number of nitrogens with one attached hydrogen (secondary N) is 1. The van der Waals surface area contributed by atoms with E-state index in [1.54, 1.807) is 29.8 Å². The number of aromatic nitrogens is 1. The summed E-state index contributed by atoms with van der Waals surface area (Å²) < 4.78 is 1.56.